The van der Waals surface area contributed by atoms with Crippen LogP contribution < -0.4 is 10.5 Å². The Morgan fingerprint density at radius 3 is 2.75 bits per heavy atom. The zero-order valence-electron chi connectivity index (χ0n) is 8.17. The molecule has 1 heterocycles. The Balaban J connectivity index is 0.00000128. The van der Waals surface area contributed by atoms with Crippen molar-refractivity contribution in [3.8, 4) is 11.8 Å². The van der Waals surface area contributed by atoms with Crippen molar-refractivity contribution in [2.24, 2.45) is 5.73 Å². The number of nitriles is 1. The third-order valence-corrected chi connectivity index (χ3v) is 2.39. The molecule has 0 radical (unpaired) electrons. The van der Waals surface area contributed by atoms with Crippen molar-refractivity contribution in [1.29, 1.82) is 5.26 Å². The minimum Gasteiger partial charge on any atom is -0.490 e. The lowest BCUT2D eigenvalue weighted by molar-refractivity contribution is 0.250. The highest BCUT2D eigenvalue weighted by atomic mass is 35.5. The summed E-state index contributed by atoms with van der Waals surface area (Å²) in [4.78, 5) is 0. The molecule has 0 saturated carbocycles. The van der Waals surface area contributed by atoms with E-state index in [-0.39, 0.29) is 30.3 Å². The molecule has 86 valence electrons. The van der Waals surface area contributed by atoms with E-state index in [1.54, 1.807) is 6.07 Å². The van der Waals surface area contributed by atoms with Crippen LogP contribution >= 0.6 is 12.4 Å². The monoisotopic (exact) mass is 246 g/mol. The summed E-state index contributed by atoms with van der Waals surface area (Å²) in [6, 6.07) is 2.42. The highest BCUT2D eigenvalue weighted by molar-refractivity contribution is 5.85. The number of hydrogen-bond donors (Lipinski definition) is 1. The van der Waals surface area contributed by atoms with Gasteiger partial charge in [-0.2, -0.15) is 9.65 Å². The molecule has 1 aliphatic heterocycles. The van der Waals surface area contributed by atoms with E-state index in [2.05, 4.69) is 0 Å². The number of fused-ring (bicyclic) bond motifs is 1. The number of benzene rings is 1. The molecule has 0 unspecified atom stereocenters. The van der Waals surface area contributed by atoms with Crippen molar-refractivity contribution in [3.05, 3.63) is 28.8 Å². The van der Waals surface area contributed by atoms with Crippen LogP contribution in [0.4, 0.5) is 8.78 Å². The predicted molar refractivity (Wildman–Crippen MR) is 55.4 cm³/mol. The van der Waals surface area contributed by atoms with Gasteiger partial charge < -0.3 is 10.5 Å². The Bertz CT molecular complexity index is 459. The van der Waals surface area contributed by atoms with Gasteiger partial charge in [0.05, 0.1) is 12.2 Å². The summed E-state index contributed by atoms with van der Waals surface area (Å²) in [6.45, 7) is 0.260. The fourth-order valence-corrected chi connectivity index (χ4v) is 1.58. The molecule has 2 N–H and O–H groups in total. The first-order valence-corrected chi connectivity index (χ1v) is 4.45. The van der Waals surface area contributed by atoms with Gasteiger partial charge in [0, 0.05) is 18.0 Å². The average Bonchev–Trinajstić information content (AvgIpc) is 2.24. The van der Waals surface area contributed by atoms with Gasteiger partial charge in [0.2, 0.25) is 5.82 Å². The van der Waals surface area contributed by atoms with E-state index < -0.39 is 17.7 Å². The van der Waals surface area contributed by atoms with E-state index in [9.17, 15) is 8.78 Å². The Kier molecular flexibility index (Phi) is 3.68. The van der Waals surface area contributed by atoms with E-state index in [0.717, 1.165) is 0 Å². The Morgan fingerprint density at radius 2 is 2.12 bits per heavy atom. The second-order valence-electron chi connectivity index (χ2n) is 3.33. The van der Waals surface area contributed by atoms with E-state index >= 15 is 0 Å². The number of nitrogens with two attached hydrogens (primary N) is 1. The summed E-state index contributed by atoms with van der Waals surface area (Å²) in [5.74, 6) is -2.46. The third kappa shape index (κ3) is 1.82. The van der Waals surface area contributed by atoms with Crippen molar-refractivity contribution < 1.29 is 13.5 Å². The lowest BCUT2D eigenvalue weighted by atomic mass is 9.98. The maximum absolute atomic E-state index is 13.4. The maximum Gasteiger partial charge on any atom is 0.202 e. The van der Waals surface area contributed by atoms with E-state index in [4.69, 9.17) is 15.7 Å². The Labute approximate surface area is 97.2 Å². The van der Waals surface area contributed by atoms with Crippen LogP contribution in [-0.2, 0) is 0 Å². The van der Waals surface area contributed by atoms with Crippen LogP contribution in [0.2, 0.25) is 0 Å². The molecule has 2 rings (SSSR count). The van der Waals surface area contributed by atoms with E-state index in [0.29, 0.717) is 12.0 Å². The molecule has 6 heteroatoms. The van der Waals surface area contributed by atoms with Gasteiger partial charge in [-0.15, -0.1) is 12.4 Å². The molecule has 1 atom stereocenters. The van der Waals surface area contributed by atoms with Crippen molar-refractivity contribution >= 4 is 12.4 Å². The zero-order chi connectivity index (χ0) is 11.0. The minimum atomic E-state index is -1.18. The molecule has 1 aliphatic rings. The SMILES string of the molecule is Cl.N#Cc1cc2c(c(F)c1F)OCC[C@H]2N. The molecule has 0 fully saturated rings. The van der Waals surface area contributed by atoms with Gasteiger partial charge in [-0.05, 0) is 6.07 Å². The van der Waals surface area contributed by atoms with Crippen LogP contribution in [0.15, 0.2) is 6.07 Å². The minimum absolute atomic E-state index is 0. The van der Waals surface area contributed by atoms with Gasteiger partial charge in [0.25, 0.3) is 0 Å². The van der Waals surface area contributed by atoms with Crippen LogP contribution in [0.5, 0.6) is 5.75 Å². The topological polar surface area (TPSA) is 59.0 Å². The molecule has 1 aromatic carbocycles. The summed E-state index contributed by atoms with van der Waals surface area (Å²) in [5, 5.41) is 8.59. The van der Waals surface area contributed by atoms with E-state index in [1.807, 2.05) is 0 Å². The molecule has 0 spiro atoms. The van der Waals surface area contributed by atoms with Crippen molar-refractivity contribution in [3.63, 3.8) is 0 Å². The number of halogens is 3. The average molecular weight is 247 g/mol. The summed E-state index contributed by atoms with van der Waals surface area (Å²) >= 11 is 0. The van der Waals surface area contributed by atoms with E-state index in [1.165, 1.54) is 6.07 Å². The number of rotatable bonds is 0. The van der Waals surface area contributed by atoms with Crippen LogP contribution in [0.25, 0.3) is 0 Å². The highest BCUT2D eigenvalue weighted by Crippen LogP contribution is 2.35. The smallest absolute Gasteiger partial charge is 0.202 e. The van der Waals surface area contributed by atoms with Gasteiger partial charge in [0.15, 0.2) is 11.6 Å². The van der Waals surface area contributed by atoms with Crippen molar-refractivity contribution in [2.45, 2.75) is 12.5 Å². The molecule has 0 aliphatic carbocycles. The Morgan fingerprint density at radius 1 is 1.44 bits per heavy atom. The summed E-state index contributed by atoms with van der Waals surface area (Å²) in [5.41, 5.74) is 5.73. The van der Waals surface area contributed by atoms with Crippen LogP contribution in [-0.4, -0.2) is 6.61 Å². The van der Waals surface area contributed by atoms with Gasteiger partial charge >= 0.3 is 0 Å². The van der Waals surface area contributed by atoms with Gasteiger partial charge in [0.1, 0.15) is 6.07 Å². The zero-order valence-corrected chi connectivity index (χ0v) is 8.98. The summed E-state index contributed by atoms with van der Waals surface area (Å²) < 4.78 is 31.6. The number of ether oxygens (including phenoxy) is 1. The standard InChI is InChI=1S/C10H8F2N2O.ClH/c11-8-5(4-13)3-6-7(14)1-2-15-10(6)9(8)12;/h3,7H,1-2,14H2;1H/t7-;/m1./s1. The number of hydrogen-bond acceptors (Lipinski definition) is 3. The third-order valence-electron chi connectivity index (χ3n) is 2.39. The molecule has 3 nitrogen and oxygen atoms in total. The van der Waals surface area contributed by atoms with Crippen LogP contribution in [0, 0.1) is 23.0 Å². The first-order chi connectivity index (χ1) is 7.15. The van der Waals surface area contributed by atoms with Crippen molar-refractivity contribution in [1.82, 2.24) is 0 Å². The molecule has 16 heavy (non-hydrogen) atoms. The quantitative estimate of drug-likeness (QED) is 0.762. The lowest BCUT2D eigenvalue weighted by Gasteiger charge is -2.23. The molecule has 0 bridgehead atoms. The van der Waals surface area contributed by atoms with Crippen LogP contribution in [0.3, 0.4) is 0 Å². The molecule has 1 aromatic rings. The largest absolute Gasteiger partial charge is 0.490 e. The number of nitrogens with zero attached hydrogens (tertiary/aromatic N) is 1. The summed E-state index contributed by atoms with van der Waals surface area (Å²) in [7, 11) is 0. The fourth-order valence-electron chi connectivity index (χ4n) is 1.58. The highest BCUT2D eigenvalue weighted by Gasteiger charge is 2.26. The van der Waals surface area contributed by atoms with Gasteiger partial charge in [-0.3, -0.25) is 0 Å². The molecule has 0 amide bonds. The van der Waals surface area contributed by atoms with Gasteiger partial charge in [-0.1, -0.05) is 0 Å². The second kappa shape index (κ2) is 4.64. The molecular weight excluding hydrogens is 238 g/mol. The first-order valence-electron chi connectivity index (χ1n) is 4.45. The first kappa shape index (κ1) is 12.7. The van der Waals surface area contributed by atoms with Crippen LogP contribution in [0.1, 0.15) is 23.6 Å². The maximum atomic E-state index is 13.4. The lowest BCUT2D eigenvalue weighted by Crippen LogP contribution is -2.22. The predicted octanol–water partition coefficient (Wildman–Crippen LogP) is 2.04. The van der Waals surface area contributed by atoms with Crippen molar-refractivity contribution in [2.75, 3.05) is 6.61 Å². The normalized spacial score (nSPS) is 17.8. The summed E-state index contributed by atoms with van der Waals surface area (Å²) in [6.07, 6.45) is 0.531. The molecular formula is C10H9ClF2N2O. The second-order valence-corrected chi connectivity index (χ2v) is 3.33. The Hall–Kier alpha value is -1.38. The fraction of sp³-hybridized carbons (Fsp3) is 0.300. The molecule has 0 saturated heterocycles. The molecule has 0 aromatic heterocycles. The van der Waals surface area contributed by atoms with Gasteiger partial charge in [-0.25, -0.2) is 4.39 Å².